The van der Waals surface area contributed by atoms with Gasteiger partial charge in [-0.05, 0) is 47.5 Å². The van der Waals surface area contributed by atoms with Crippen molar-refractivity contribution < 1.29 is 4.74 Å². The Balaban J connectivity index is 2.31. The lowest BCUT2D eigenvalue weighted by Gasteiger charge is -2.17. The van der Waals surface area contributed by atoms with Gasteiger partial charge in [0.1, 0.15) is 11.9 Å². The van der Waals surface area contributed by atoms with Crippen molar-refractivity contribution in [3.63, 3.8) is 0 Å². The number of nitrogens with one attached hydrogen (secondary N) is 1. The van der Waals surface area contributed by atoms with Gasteiger partial charge in [0.25, 0.3) is 0 Å². The van der Waals surface area contributed by atoms with Crippen LogP contribution in [0, 0.1) is 5.92 Å². The first-order valence-electron chi connectivity index (χ1n) is 7.04. The molecule has 1 aromatic heterocycles. The number of methoxy groups -OCH3 is 1. The average molecular weight is 328 g/mol. The van der Waals surface area contributed by atoms with Crippen LogP contribution in [0.25, 0.3) is 0 Å². The summed E-state index contributed by atoms with van der Waals surface area (Å²) in [7, 11) is 1.75. The molecule has 0 aromatic carbocycles. The Morgan fingerprint density at radius 3 is 2.63 bits per heavy atom. The molecular weight excluding hydrogens is 306 g/mol. The molecule has 1 atom stereocenters. The monoisotopic (exact) mass is 327 g/mol. The van der Waals surface area contributed by atoms with E-state index in [1.165, 1.54) is 12.8 Å². The predicted molar refractivity (Wildman–Crippen MR) is 80.4 cm³/mol. The molecule has 0 amide bonds. The molecular formula is C14H22BrN3O. The Morgan fingerprint density at radius 2 is 2.11 bits per heavy atom. The highest BCUT2D eigenvalue weighted by Crippen LogP contribution is 2.42. The summed E-state index contributed by atoms with van der Waals surface area (Å²) in [5.74, 6) is 2.31. The van der Waals surface area contributed by atoms with Crippen LogP contribution < -0.4 is 5.32 Å². The fourth-order valence-electron chi connectivity index (χ4n) is 2.14. The molecule has 2 rings (SSSR count). The van der Waals surface area contributed by atoms with E-state index in [1.807, 2.05) is 0 Å². The zero-order chi connectivity index (χ0) is 13.8. The van der Waals surface area contributed by atoms with Gasteiger partial charge < -0.3 is 10.1 Å². The van der Waals surface area contributed by atoms with E-state index in [0.29, 0.717) is 5.92 Å². The van der Waals surface area contributed by atoms with Crippen molar-refractivity contribution in [2.75, 3.05) is 19.0 Å². The van der Waals surface area contributed by atoms with Crippen LogP contribution in [0.1, 0.15) is 50.7 Å². The zero-order valence-electron chi connectivity index (χ0n) is 11.9. The highest BCUT2D eigenvalue weighted by molar-refractivity contribution is 9.10. The molecule has 5 heteroatoms. The number of rotatable bonds is 7. The third kappa shape index (κ3) is 3.45. The van der Waals surface area contributed by atoms with Crippen molar-refractivity contribution in [3.8, 4) is 0 Å². The number of aryl methyl sites for hydroxylation is 1. The van der Waals surface area contributed by atoms with E-state index in [1.54, 1.807) is 7.11 Å². The minimum Gasteiger partial charge on any atom is -0.373 e. The van der Waals surface area contributed by atoms with Gasteiger partial charge in [-0.3, -0.25) is 0 Å². The summed E-state index contributed by atoms with van der Waals surface area (Å²) >= 11 is 3.60. The van der Waals surface area contributed by atoms with Gasteiger partial charge in [-0.15, -0.1) is 0 Å². The van der Waals surface area contributed by atoms with Gasteiger partial charge in [-0.1, -0.05) is 13.8 Å². The molecule has 0 bridgehead atoms. The van der Waals surface area contributed by atoms with Crippen LogP contribution in [0.5, 0.6) is 0 Å². The molecule has 1 aliphatic carbocycles. The Labute approximate surface area is 123 Å². The van der Waals surface area contributed by atoms with E-state index in [9.17, 15) is 0 Å². The quantitative estimate of drug-likeness (QED) is 0.829. The van der Waals surface area contributed by atoms with Crippen molar-refractivity contribution in [1.82, 2.24) is 9.97 Å². The van der Waals surface area contributed by atoms with E-state index >= 15 is 0 Å². The minimum absolute atomic E-state index is 0.0422. The molecule has 4 nitrogen and oxygen atoms in total. The SMILES string of the molecule is CCCNc1nc(C(OC)C2CC2)nc(CC)c1Br. The zero-order valence-corrected chi connectivity index (χ0v) is 13.5. The number of aromatic nitrogens is 2. The number of anilines is 1. The van der Waals surface area contributed by atoms with Crippen LogP contribution in [0.15, 0.2) is 4.47 Å². The summed E-state index contributed by atoms with van der Waals surface area (Å²) in [6.45, 7) is 5.17. The molecule has 0 radical (unpaired) electrons. The maximum Gasteiger partial charge on any atom is 0.160 e. The number of halogens is 1. The summed E-state index contributed by atoms with van der Waals surface area (Å²) in [6, 6.07) is 0. The molecule has 1 aromatic rings. The maximum absolute atomic E-state index is 5.59. The second-order valence-electron chi connectivity index (χ2n) is 4.97. The fraction of sp³-hybridized carbons (Fsp3) is 0.714. The second-order valence-corrected chi connectivity index (χ2v) is 5.76. The normalized spacial score (nSPS) is 16.4. The minimum atomic E-state index is 0.0422. The number of ether oxygens (including phenoxy) is 1. The van der Waals surface area contributed by atoms with Gasteiger partial charge in [0.15, 0.2) is 5.82 Å². The Kier molecular flexibility index (Phi) is 5.16. The Morgan fingerprint density at radius 1 is 1.37 bits per heavy atom. The number of nitrogens with zero attached hydrogens (tertiary/aromatic N) is 2. The summed E-state index contributed by atoms with van der Waals surface area (Å²) in [5, 5.41) is 3.36. The molecule has 0 saturated heterocycles. The largest absolute Gasteiger partial charge is 0.373 e. The average Bonchev–Trinajstić information content (AvgIpc) is 3.24. The smallest absolute Gasteiger partial charge is 0.160 e. The molecule has 0 aliphatic heterocycles. The van der Waals surface area contributed by atoms with Gasteiger partial charge in [-0.25, -0.2) is 9.97 Å². The highest BCUT2D eigenvalue weighted by Gasteiger charge is 2.35. The third-order valence-electron chi connectivity index (χ3n) is 3.37. The van der Waals surface area contributed by atoms with Crippen LogP contribution in [0.4, 0.5) is 5.82 Å². The van der Waals surface area contributed by atoms with Gasteiger partial charge in [0, 0.05) is 13.7 Å². The van der Waals surface area contributed by atoms with Crippen LogP contribution in [-0.2, 0) is 11.2 Å². The van der Waals surface area contributed by atoms with Crippen LogP contribution in [0.3, 0.4) is 0 Å². The maximum atomic E-state index is 5.59. The first-order chi connectivity index (χ1) is 9.21. The van der Waals surface area contributed by atoms with E-state index in [0.717, 1.165) is 41.2 Å². The summed E-state index contributed by atoms with van der Waals surface area (Å²) in [6.07, 6.45) is 4.44. The molecule has 1 fully saturated rings. The van der Waals surface area contributed by atoms with Gasteiger partial charge in [0.2, 0.25) is 0 Å². The van der Waals surface area contributed by atoms with Gasteiger partial charge in [-0.2, -0.15) is 0 Å². The van der Waals surface area contributed by atoms with Crippen molar-refractivity contribution in [2.24, 2.45) is 5.92 Å². The van der Waals surface area contributed by atoms with E-state index in [-0.39, 0.29) is 6.10 Å². The topological polar surface area (TPSA) is 47.0 Å². The predicted octanol–water partition coefficient (Wildman–Crippen LogP) is 3.72. The number of hydrogen-bond donors (Lipinski definition) is 1. The van der Waals surface area contributed by atoms with Crippen LogP contribution in [-0.4, -0.2) is 23.6 Å². The molecule has 106 valence electrons. The summed E-state index contributed by atoms with van der Waals surface area (Å²) in [4.78, 5) is 9.33. The standard InChI is InChI=1S/C14H22BrN3O/c1-4-8-16-13-11(15)10(5-2)17-14(18-13)12(19-3)9-6-7-9/h9,12H,4-8H2,1-3H3,(H,16,17,18). The van der Waals surface area contributed by atoms with Crippen molar-refractivity contribution in [2.45, 2.75) is 45.6 Å². The first kappa shape index (κ1) is 14.7. The molecule has 0 spiro atoms. The molecule has 1 N–H and O–H groups in total. The second kappa shape index (κ2) is 6.66. The lowest BCUT2D eigenvalue weighted by atomic mass is 10.2. The number of hydrogen-bond acceptors (Lipinski definition) is 4. The van der Waals surface area contributed by atoms with E-state index in [2.05, 4.69) is 45.1 Å². The lowest BCUT2D eigenvalue weighted by molar-refractivity contribution is 0.0771. The summed E-state index contributed by atoms with van der Waals surface area (Å²) in [5.41, 5.74) is 1.05. The Hall–Kier alpha value is -0.680. The van der Waals surface area contributed by atoms with Gasteiger partial charge in [0.05, 0.1) is 10.2 Å². The molecule has 1 saturated carbocycles. The summed E-state index contributed by atoms with van der Waals surface area (Å²) < 4.78 is 6.58. The molecule has 1 aliphatic rings. The first-order valence-corrected chi connectivity index (χ1v) is 7.83. The highest BCUT2D eigenvalue weighted by atomic mass is 79.9. The fourth-order valence-corrected chi connectivity index (χ4v) is 2.74. The van der Waals surface area contributed by atoms with Crippen LogP contribution in [0.2, 0.25) is 0 Å². The van der Waals surface area contributed by atoms with Gasteiger partial charge >= 0.3 is 0 Å². The van der Waals surface area contributed by atoms with Crippen molar-refractivity contribution in [3.05, 3.63) is 16.0 Å². The molecule has 1 heterocycles. The van der Waals surface area contributed by atoms with E-state index < -0.39 is 0 Å². The van der Waals surface area contributed by atoms with Crippen molar-refractivity contribution in [1.29, 1.82) is 0 Å². The van der Waals surface area contributed by atoms with Crippen molar-refractivity contribution >= 4 is 21.7 Å². The Bertz CT molecular complexity index is 435. The molecule has 19 heavy (non-hydrogen) atoms. The lowest BCUT2D eigenvalue weighted by Crippen LogP contribution is -2.14. The molecule has 1 unspecified atom stereocenters. The van der Waals surface area contributed by atoms with Crippen LogP contribution >= 0.6 is 15.9 Å². The van der Waals surface area contributed by atoms with E-state index in [4.69, 9.17) is 4.74 Å². The third-order valence-corrected chi connectivity index (χ3v) is 4.21.